The lowest BCUT2D eigenvalue weighted by Gasteiger charge is -2.28. The SMILES string of the molecule is COc1cc(NCCNC2CCCc3ccc(OC)c(Cl)c32)cc(OC)c1. The maximum atomic E-state index is 6.59. The summed E-state index contributed by atoms with van der Waals surface area (Å²) in [5.41, 5.74) is 3.47. The smallest absolute Gasteiger partial charge is 0.137 e. The highest BCUT2D eigenvalue weighted by Crippen LogP contribution is 2.39. The first-order chi connectivity index (χ1) is 13.2. The molecule has 5 nitrogen and oxygen atoms in total. The molecule has 0 spiro atoms. The Bertz CT molecular complexity index is 760. The van der Waals surface area contributed by atoms with E-state index in [2.05, 4.69) is 16.7 Å². The molecular weight excluding hydrogens is 364 g/mol. The predicted molar refractivity (Wildman–Crippen MR) is 110 cm³/mol. The van der Waals surface area contributed by atoms with Crippen molar-refractivity contribution in [2.24, 2.45) is 0 Å². The molecule has 0 saturated heterocycles. The van der Waals surface area contributed by atoms with E-state index in [1.165, 1.54) is 11.1 Å². The number of anilines is 1. The van der Waals surface area contributed by atoms with Crippen LogP contribution in [-0.4, -0.2) is 34.4 Å². The van der Waals surface area contributed by atoms with Crippen molar-refractivity contribution in [3.05, 3.63) is 46.5 Å². The van der Waals surface area contributed by atoms with Crippen LogP contribution in [0.3, 0.4) is 0 Å². The van der Waals surface area contributed by atoms with E-state index >= 15 is 0 Å². The Labute approximate surface area is 166 Å². The maximum absolute atomic E-state index is 6.59. The number of methoxy groups -OCH3 is 3. The van der Waals surface area contributed by atoms with E-state index in [-0.39, 0.29) is 6.04 Å². The molecule has 146 valence electrons. The molecule has 2 aromatic rings. The van der Waals surface area contributed by atoms with Gasteiger partial charge in [0.15, 0.2) is 0 Å². The second-order valence-electron chi connectivity index (χ2n) is 6.58. The van der Waals surface area contributed by atoms with Crippen LogP contribution in [0, 0.1) is 0 Å². The maximum Gasteiger partial charge on any atom is 0.137 e. The molecule has 0 saturated carbocycles. The first-order valence-corrected chi connectivity index (χ1v) is 9.59. The minimum Gasteiger partial charge on any atom is -0.497 e. The van der Waals surface area contributed by atoms with Crippen LogP contribution in [0.1, 0.15) is 30.0 Å². The van der Waals surface area contributed by atoms with Gasteiger partial charge in [-0.1, -0.05) is 17.7 Å². The molecule has 1 aliphatic rings. The Hall–Kier alpha value is -2.11. The number of nitrogens with one attached hydrogen (secondary N) is 2. The van der Waals surface area contributed by atoms with Gasteiger partial charge in [-0.05, 0) is 36.5 Å². The molecule has 0 radical (unpaired) electrons. The highest BCUT2D eigenvalue weighted by molar-refractivity contribution is 6.33. The van der Waals surface area contributed by atoms with Crippen molar-refractivity contribution in [1.29, 1.82) is 0 Å². The van der Waals surface area contributed by atoms with Crippen LogP contribution in [0.2, 0.25) is 5.02 Å². The molecule has 2 aromatic carbocycles. The number of halogens is 1. The molecule has 0 fully saturated rings. The Morgan fingerprint density at radius 1 is 1.00 bits per heavy atom. The van der Waals surface area contributed by atoms with Gasteiger partial charge in [0.05, 0.1) is 26.4 Å². The average molecular weight is 391 g/mol. The van der Waals surface area contributed by atoms with E-state index in [4.69, 9.17) is 25.8 Å². The number of benzene rings is 2. The van der Waals surface area contributed by atoms with Gasteiger partial charge in [-0.3, -0.25) is 0 Å². The number of hydrogen-bond donors (Lipinski definition) is 2. The van der Waals surface area contributed by atoms with Crippen molar-refractivity contribution in [3.63, 3.8) is 0 Å². The standard InChI is InChI=1S/C21H27ClN2O3/c1-25-16-11-15(12-17(13-16)26-2)23-9-10-24-18-6-4-5-14-7-8-19(27-3)21(22)20(14)18/h7-8,11-13,18,23-24H,4-6,9-10H2,1-3H3. The molecule has 6 heteroatoms. The van der Waals surface area contributed by atoms with E-state index in [1.807, 2.05) is 24.3 Å². The number of ether oxygens (including phenoxy) is 3. The second-order valence-corrected chi connectivity index (χ2v) is 6.96. The lowest BCUT2D eigenvalue weighted by molar-refractivity contribution is 0.394. The number of aryl methyl sites for hydroxylation is 1. The minimum absolute atomic E-state index is 0.248. The number of rotatable bonds is 8. The summed E-state index contributed by atoms with van der Waals surface area (Å²) in [7, 11) is 4.96. The molecular formula is C21H27ClN2O3. The van der Waals surface area contributed by atoms with Gasteiger partial charge in [0.25, 0.3) is 0 Å². The predicted octanol–water partition coefficient (Wildman–Crippen LogP) is 4.44. The van der Waals surface area contributed by atoms with Crippen LogP contribution in [0.25, 0.3) is 0 Å². The second kappa shape index (κ2) is 9.20. The first kappa shape index (κ1) is 19.6. The Kier molecular flexibility index (Phi) is 6.69. The third-order valence-corrected chi connectivity index (χ3v) is 5.33. The lowest BCUT2D eigenvalue weighted by atomic mass is 9.87. The number of hydrogen-bond acceptors (Lipinski definition) is 5. The quantitative estimate of drug-likeness (QED) is 0.652. The molecule has 1 unspecified atom stereocenters. The van der Waals surface area contributed by atoms with Crippen LogP contribution in [-0.2, 0) is 6.42 Å². The largest absolute Gasteiger partial charge is 0.497 e. The van der Waals surface area contributed by atoms with Gasteiger partial charge in [0.2, 0.25) is 0 Å². The van der Waals surface area contributed by atoms with Gasteiger partial charge in [0, 0.05) is 43.0 Å². The van der Waals surface area contributed by atoms with Gasteiger partial charge in [-0.15, -0.1) is 0 Å². The zero-order valence-corrected chi connectivity index (χ0v) is 16.9. The highest BCUT2D eigenvalue weighted by atomic mass is 35.5. The van der Waals surface area contributed by atoms with Crippen LogP contribution in [0.5, 0.6) is 17.2 Å². The van der Waals surface area contributed by atoms with Crippen molar-refractivity contribution in [2.75, 3.05) is 39.7 Å². The van der Waals surface area contributed by atoms with E-state index in [9.17, 15) is 0 Å². The zero-order valence-electron chi connectivity index (χ0n) is 16.1. The molecule has 1 aliphatic carbocycles. The van der Waals surface area contributed by atoms with Gasteiger partial charge < -0.3 is 24.8 Å². The molecule has 0 amide bonds. The monoisotopic (exact) mass is 390 g/mol. The third-order valence-electron chi connectivity index (χ3n) is 4.94. The van der Waals surface area contributed by atoms with Crippen molar-refractivity contribution in [1.82, 2.24) is 5.32 Å². The molecule has 0 aliphatic heterocycles. The summed E-state index contributed by atoms with van der Waals surface area (Å²) in [4.78, 5) is 0. The molecule has 0 heterocycles. The summed E-state index contributed by atoms with van der Waals surface area (Å²) >= 11 is 6.59. The lowest BCUT2D eigenvalue weighted by Crippen LogP contribution is -2.29. The van der Waals surface area contributed by atoms with Crippen molar-refractivity contribution < 1.29 is 14.2 Å². The fourth-order valence-corrected chi connectivity index (χ4v) is 3.97. The van der Waals surface area contributed by atoms with Crippen LogP contribution in [0.4, 0.5) is 5.69 Å². The Morgan fingerprint density at radius 2 is 1.74 bits per heavy atom. The van der Waals surface area contributed by atoms with Crippen molar-refractivity contribution in [3.8, 4) is 17.2 Å². The van der Waals surface area contributed by atoms with Gasteiger partial charge in [0.1, 0.15) is 17.2 Å². The summed E-state index contributed by atoms with van der Waals surface area (Å²) in [5, 5.41) is 7.78. The molecule has 3 rings (SSSR count). The Balaban J connectivity index is 1.61. The first-order valence-electron chi connectivity index (χ1n) is 9.22. The Morgan fingerprint density at radius 3 is 2.41 bits per heavy atom. The summed E-state index contributed by atoms with van der Waals surface area (Å²) < 4.78 is 16.0. The van der Waals surface area contributed by atoms with Gasteiger partial charge >= 0.3 is 0 Å². The fraction of sp³-hybridized carbons (Fsp3) is 0.429. The average Bonchev–Trinajstić information content (AvgIpc) is 2.71. The molecule has 1 atom stereocenters. The van der Waals surface area contributed by atoms with Crippen LogP contribution >= 0.6 is 11.6 Å². The number of fused-ring (bicyclic) bond motifs is 1. The highest BCUT2D eigenvalue weighted by Gasteiger charge is 2.24. The van der Waals surface area contributed by atoms with Crippen LogP contribution in [0.15, 0.2) is 30.3 Å². The summed E-state index contributed by atoms with van der Waals surface area (Å²) in [5.74, 6) is 2.28. The molecule has 2 N–H and O–H groups in total. The fourth-order valence-electron chi connectivity index (χ4n) is 3.57. The molecule has 0 bridgehead atoms. The van der Waals surface area contributed by atoms with Crippen molar-refractivity contribution in [2.45, 2.75) is 25.3 Å². The van der Waals surface area contributed by atoms with Crippen LogP contribution < -0.4 is 24.8 Å². The van der Waals surface area contributed by atoms with Gasteiger partial charge in [-0.25, -0.2) is 0 Å². The van der Waals surface area contributed by atoms with E-state index < -0.39 is 0 Å². The molecule has 27 heavy (non-hydrogen) atoms. The normalized spacial score (nSPS) is 15.8. The van der Waals surface area contributed by atoms with E-state index in [0.717, 1.165) is 60.3 Å². The summed E-state index contributed by atoms with van der Waals surface area (Å²) in [6.07, 6.45) is 3.31. The van der Waals surface area contributed by atoms with E-state index in [0.29, 0.717) is 0 Å². The zero-order chi connectivity index (χ0) is 19.2. The molecule has 0 aromatic heterocycles. The summed E-state index contributed by atoms with van der Waals surface area (Å²) in [6, 6.07) is 10.1. The van der Waals surface area contributed by atoms with Crippen molar-refractivity contribution >= 4 is 17.3 Å². The van der Waals surface area contributed by atoms with E-state index in [1.54, 1.807) is 21.3 Å². The summed E-state index contributed by atoms with van der Waals surface area (Å²) in [6.45, 7) is 1.60. The minimum atomic E-state index is 0.248. The topological polar surface area (TPSA) is 51.8 Å². The third kappa shape index (κ3) is 4.60. The van der Waals surface area contributed by atoms with Gasteiger partial charge in [-0.2, -0.15) is 0 Å².